The van der Waals surface area contributed by atoms with Gasteiger partial charge in [-0.2, -0.15) is 0 Å². The van der Waals surface area contributed by atoms with E-state index in [1.165, 1.54) is 25.3 Å². The Balaban J connectivity index is 2.02. The molecule has 174 valence electrons. The molecule has 7 nitrogen and oxygen atoms in total. The smallest absolute Gasteiger partial charge is 0.200 e. The van der Waals surface area contributed by atoms with Crippen molar-refractivity contribution in [3.05, 3.63) is 57.3 Å². The average molecular weight is 453 g/mol. The van der Waals surface area contributed by atoms with E-state index in [4.69, 9.17) is 13.9 Å². The molecule has 1 saturated heterocycles. The SMILES string of the molecule is COc1cc2oc(-c3ccc(O)cc3O)c(CC=C(C)C)c(=O)c2c(O)c1C1OC1C(C)C. The quantitative estimate of drug-likeness (QED) is 0.348. The van der Waals surface area contributed by atoms with Crippen LogP contribution in [0.15, 0.2) is 45.1 Å². The van der Waals surface area contributed by atoms with Gasteiger partial charge in [0.15, 0.2) is 0 Å². The first-order valence-corrected chi connectivity index (χ1v) is 10.8. The Morgan fingerprint density at radius 3 is 2.48 bits per heavy atom. The highest BCUT2D eigenvalue weighted by molar-refractivity contribution is 5.90. The second-order valence-corrected chi connectivity index (χ2v) is 8.91. The lowest BCUT2D eigenvalue weighted by atomic mass is 9.96. The predicted molar refractivity (Wildman–Crippen MR) is 125 cm³/mol. The van der Waals surface area contributed by atoms with E-state index >= 15 is 0 Å². The van der Waals surface area contributed by atoms with E-state index < -0.39 is 5.43 Å². The number of allylic oxidation sites excluding steroid dienone is 2. The van der Waals surface area contributed by atoms with Gasteiger partial charge in [-0.3, -0.25) is 4.79 Å². The summed E-state index contributed by atoms with van der Waals surface area (Å²) < 4.78 is 17.4. The Kier molecular flexibility index (Phi) is 5.84. The van der Waals surface area contributed by atoms with Gasteiger partial charge >= 0.3 is 0 Å². The fraction of sp³-hybridized carbons (Fsp3) is 0.346. The molecule has 33 heavy (non-hydrogen) atoms. The summed E-state index contributed by atoms with van der Waals surface area (Å²) in [5, 5.41) is 31.4. The van der Waals surface area contributed by atoms with Crippen LogP contribution in [0.5, 0.6) is 23.0 Å². The molecule has 2 aromatic carbocycles. The molecule has 4 rings (SSSR count). The van der Waals surface area contributed by atoms with Crippen LogP contribution in [0.25, 0.3) is 22.3 Å². The third-order valence-electron chi connectivity index (χ3n) is 5.88. The number of benzene rings is 2. The van der Waals surface area contributed by atoms with Gasteiger partial charge in [-0.25, -0.2) is 0 Å². The van der Waals surface area contributed by atoms with Crippen LogP contribution in [-0.4, -0.2) is 28.5 Å². The summed E-state index contributed by atoms with van der Waals surface area (Å²) in [5.74, 6) is 0.201. The zero-order valence-electron chi connectivity index (χ0n) is 19.3. The molecule has 1 aliphatic rings. The number of fused-ring (bicyclic) bond motifs is 1. The summed E-state index contributed by atoms with van der Waals surface area (Å²) in [6.45, 7) is 7.88. The number of aromatic hydroxyl groups is 3. The van der Waals surface area contributed by atoms with Gasteiger partial charge in [-0.05, 0) is 38.3 Å². The average Bonchev–Trinajstić information content (AvgIpc) is 3.53. The van der Waals surface area contributed by atoms with E-state index in [0.29, 0.717) is 11.3 Å². The second-order valence-electron chi connectivity index (χ2n) is 8.91. The molecule has 1 fully saturated rings. The highest BCUT2D eigenvalue weighted by Crippen LogP contribution is 2.52. The zero-order valence-corrected chi connectivity index (χ0v) is 19.3. The first-order valence-electron chi connectivity index (χ1n) is 10.8. The van der Waals surface area contributed by atoms with Crippen molar-refractivity contribution in [2.45, 2.75) is 46.3 Å². The van der Waals surface area contributed by atoms with Gasteiger partial charge < -0.3 is 29.2 Å². The van der Waals surface area contributed by atoms with Gasteiger partial charge in [-0.1, -0.05) is 25.5 Å². The van der Waals surface area contributed by atoms with Crippen LogP contribution in [0, 0.1) is 5.92 Å². The van der Waals surface area contributed by atoms with Crippen LogP contribution in [0.4, 0.5) is 0 Å². The Labute approximate surface area is 191 Å². The number of phenols is 3. The van der Waals surface area contributed by atoms with Gasteiger partial charge in [0.2, 0.25) is 5.43 Å². The number of ether oxygens (including phenoxy) is 2. The molecule has 3 N–H and O–H groups in total. The highest BCUT2D eigenvalue weighted by Gasteiger charge is 2.46. The van der Waals surface area contributed by atoms with Crippen LogP contribution < -0.4 is 10.2 Å². The van der Waals surface area contributed by atoms with Gasteiger partial charge in [0.05, 0.1) is 24.3 Å². The van der Waals surface area contributed by atoms with Gasteiger partial charge in [0, 0.05) is 17.7 Å². The lowest BCUT2D eigenvalue weighted by Crippen LogP contribution is -2.12. The zero-order chi connectivity index (χ0) is 24.0. The Hall–Kier alpha value is -3.45. The fourth-order valence-electron chi connectivity index (χ4n) is 4.09. The molecule has 7 heteroatoms. The molecule has 0 spiro atoms. The normalized spacial score (nSPS) is 17.4. The summed E-state index contributed by atoms with van der Waals surface area (Å²) >= 11 is 0. The van der Waals surface area contributed by atoms with Crippen LogP contribution in [-0.2, 0) is 11.2 Å². The predicted octanol–water partition coefficient (Wildman–Crippen LogP) is 5.19. The van der Waals surface area contributed by atoms with Crippen LogP contribution in [0.3, 0.4) is 0 Å². The van der Waals surface area contributed by atoms with Crippen LogP contribution >= 0.6 is 0 Å². The highest BCUT2D eigenvalue weighted by atomic mass is 16.6. The number of hydrogen-bond acceptors (Lipinski definition) is 7. The minimum atomic E-state index is -0.403. The lowest BCUT2D eigenvalue weighted by molar-refractivity contribution is 0.329. The van der Waals surface area contributed by atoms with Gasteiger partial charge in [0.1, 0.15) is 45.8 Å². The molecule has 0 aliphatic carbocycles. The minimum Gasteiger partial charge on any atom is -0.508 e. The minimum absolute atomic E-state index is 0.0444. The maximum atomic E-state index is 13.7. The summed E-state index contributed by atoms with van der Waals surface area (Å²) in [4.78, 5) is 13.7. The third kappa shape index (κ3) is 4.04. The molecule has 2 atom stereocenters. The number of epoxide rings is 1. The molecule has 2 unspecified atom stereocenters. The van der Waals surface area contributed by atoms with Crippen molar-refractivity contribution in [2.75, 3.05) is 7.11 Å². The summed E-state index contributed by atoms with van der Waals surface area (Å²) in [6.07, 6.45) is 1.67. The topological polar surface area (TPSA) is 113 Å². The number of phenolic OH excluding ortho intramolecular Hbond substituents is 3. The molecular weight excluding hydrogens is 424 g/mol. The van der Waals surface area contributed by atoms with E-state index in [2.05, 4.69) is 0 Å². The Bertz CT molecular complexity index is 1310. The molecule has 1 aliphatic heterocycles. The molecule has 0 bridgehead atoms. The first-order chi connectivity index (χ1) is 15.6. The van der Waals surface area contributed by atoms with Crippen molar-refractivity contribution in [2.24, 2.45) is 5.92 Å². The molecule has 0 radical (unpaired) electrons. The maximum Gasteiger partial charge on any atom is 0.200 e. The van der Waals surface area contributed by atoms with E-state index in [1.54, 1.807) is 6.07 Å². The molecule has 2 heterocycles. The summed E-state index contributed by atoms with van der Waals surface area (Å²) in [7, 11) is 1.48. The Morgan fingerprint density at radius 2 is 1.91 bits per heavy atom. The van der Waals surface area contributed by atoms with E-state index in [1.807, 2.05) is 33.8 Å². The van der Waals surface area contributed by atoms with E-state index in [0.717, 1.165) is 5.57 Å². The number of methoxy groups -OCH3 is 1. The molecule has 3 aromatic rings. The number of rotatable bonds is 6. The molecule has 0 saturated carbocycles. The van der Waals surface area contributed by atoms with Crippen LogP contribution in [0.2, 0.25) is 0 Å². The van der Waals surface area contributed by atoms with E-state index in [-0.39, 0.29) is 69.7 Å². The standard InChI is InChI=1S/C26H28O7/c1-12(2)6-8-16-22(29)20-19(32-25(16)15-9-7-14(27)10-17(15)28)11-18(31-5)21(23(20)30)26-24(33-26)13(3)4/h6-7,9-11,13,24,26-28,30H,8H2,1-5H3. The molecule has 0 amide bonds. The van der Waals surface area contributed by atoms with Crippen molar-refractivity contribution in [1.82, 2.24) is 0 Å². The van der Waals surface area contributed by atoms with Crippen molar-refractivity contribution in [3.63, 3.8) is 0 Å². The number of hydrogen-bond donors (Lipinski definition) is 3. The van der Waals surface area contributed by atoms with Crippen molar-refractivity contribution in [3.8, 4) is 34.3 Å². The summed E-state index contributed by atoms with van der Waals surface area (Å²) in [6, 6.07) is 5.64. The monoisotopic (exact) mass is 452 g/mol. The first kappa shape index (κ1) is 22.7. The lowest BCUT2D eigenvalue weighted by Gasteiger charge is -2.15. The summed E-state index contributed by atoms with van der Waals surface area (Å²) in [5.41, 5.74) is 1.71. The largest absolute Gasteiger partial charge is 0.508 e. The van der Waals surface area contributed by atoms with Crippen molar-refractivity contribution < 1.29 is 29.2 Å². The van der Waals surface area contributed by atoms with E-state index in [9.17, 15) is 20.1 Å². The van der Waals surface area contributed by atoms with Crippen LogP contribution in [0.1, 0.15) is 44.9 Å². The van der Waals surface area contributed by atoms with Crippen molar-refractivity contribution in [1.29, 1.82) is 0 Å². The van der Waals surface area contributed by atoms with Gasteiger partial charge in [-0.15, -0.1) is 0 Å². The maximum absolute atomic E-state index is 13.7. The van der Waals surface area contributed by atoms with Crippen molar-refractivity contribution >= 4 is 11.0 Å². The Morgan fingerprint density at radius 1 is 1.18 bits per heavy atom. The fourth-order valence-corrected chi connectivity index (χ4v) is 4.09. The molecular formula is C26H28O7. The second kappa shape index (κ2) is 8.48. The van der Waals surface area contributed by atoms with Gasteiger partial charge in [0.25, 0.3) is 0 Å². The molecule has 1 aromatic heterocycles. The third-order valence-corrected chi connectivity index (χ3v) is 5.88.